The molecule has 0 bridgehead atoms. The Balaban J connectivity index is 2.08. The van der Waals surface area contributed by atoms with E-state index in [1.54, 1.807) is 6.07 Å². The van der Waals surface area contributed by atoms with Gasteiger partial charge in [-0.15, -0.1) is 0 Å². The summed E-state index contributed by atoms with van der Waals surface area (Å²) >= 11 is 0. The maximum absolute atomic E-state index is 13.4. The third-order valence-electron chi connectivity index (χ3n) is 2.39. The number of hydrogen-bond donors (Lipinski definition) is 2. The summed E-state index contributed by atoms with van der Waals surface area (Å²) in [5.74, 6) is -1.02. The van der Waals surface area contributed by atoms with Crippen molar-refractivity contribution in [2.45, 2.75) is 0 Å². The second kappa shape index (κ2) is 5.96. The molecule has 0 aliphatic carbocycles. The predicted molar refractivity (Wildman–Crippen MR) is 69.9 cm³/mol. The van der Waals surface area contributed by atoms with Crippen LogP contribution < -0.4 is 10.6 Å². The van der Waals surface area contributed by atoms with Crippen LogP contribution in [0.2, 0.25) is 0 Å². The van der Waals surface area contributed by atoms with E-state index in [1.165, 1.54) is 25.4 Å². The van der Waals surface area contributed by atoms with Gasteiger partial charge in [0.05, 0.1) is 24.7 Å². The third kappa shape index (κ3) is 3.41. The predicted octanol–water partition coefficient (Wildman–Crippen LogP) is 3.28. The number of halogens is 2. The van der Waals surface area contributed by atoms with Crippen molar-refractivity contribution < 1.29 is 18.3 Å². The normalized spacial score (nSPS) is 9.95. The Labute approximate surface area is 113 Å². The summed E-state index contributed by atoms with van der Waals surface area (Å²) in [7, 11) is 1.25. The van der Waals surface area contributed by atoms with Gasteiger partial charge in [0.1, 0.15) is 17.5 Å². The highest BCUT2D eigenvalue weighted by Crippen LogP contribution is 2.20. The molecule has 0 atom stereocenters. The second-order valence-electron chi connectivity index (χ2n) is 3.80. The zero-order chi connectivity index (χ0) is 14.5. The minimum Gasteiger partial charge on any atom is -0.453 e. The summed E-state index contributed by atoms with van der Waals surface area (Å²) in [5.41, 5.74) is 0.537. The van der Waals surface area contributed by atoms with E-state index in [0.717, 1.165) is 12.1 Å². The quantitative estimate of drug-likeness (QED) is 0.905. The van der Waals surface area contributed by atoms with Crippen molar-refractivity contribution in [3.63, 3.8) is 0 Å². The zero-order valence-corrected chi connectivity index (χ0v) is 10.5. The lowest BCUT2D eigenvalue weighted by Crippen LogP contribution is -2.11. The number of carbonyl (C=O) groups excluding carboxylic acids is 1. The molecule has 5 nitrogen and oxygen atoms in total. The molecule has 20 heavy (non-hydrogen) atoms. The molecule has 2 aromatic rings. The number of anilines is 3. The summed E-state index contributed by atoms with van der Waals surface area (Å²) in [6, 6.07) is 6.28. The average molecular weight is 279 g/mol. The molecule has 0 saturated carbocycles. The van der Waals surface area contributed by atoms with Crippen LogP contribution in [-0.2, 0) is 4.74 Å². The third-order valence-corrected chi connectivity index (χ3v) is 2.39. The number of hydrogen-bond acceptors (Lipinski definition) is 4. The standard InChI is InChI=1S/C13H11F2N3O2/c1-20-13(19)17-9-3-5-12(16-7-9)18-11-4-2-8(14)6-10(11)15/h2-7H,1H3,(H,16,18)(H,17,19). The van der Waals surface area contributed by atoms with Crippen molar-refractivity contribution in [2.24, 2.45) is 0 Å². The molecule has 2 N–H and O–H groups in total. The molecule has 7 heteroatoms. The molecule has 2 rings (SSSR count). The number of pyridine rings is 1. The van der Waals surface area contributed by atoms with Crippen LogP contribution in [0.3, 0.4) is 0 Å². The van der Waals surface area contributed by atoms with E-state index in [-0.39, 0.29) is 5.69 Å². The van der Waals surface area contributed by atoms with E-state index in [9.17, 15) is 13.6 Å². The molecule has 0 aliphatic rings. The van der Waals surface area contributed by atoms with Crippen molar-refractivity contribution in [1.82, 2.24) is 4.98 Å². The maximum atomic E-state index is 13.4. The maximum Gasteiger partial charge on any atom is 0.411 e. The molecule has 0 saturated heterocycles. The Bertz CT molecular complexity index is 618. The lowest BCUT2D eigenvalue weighted by atomic mass is 10.3. The van der Waals surface area contributed by atoms with Crippen molar-refractivity contribution in [1.29, 1.82) is 0 Å². The highest BCUT2D eigenvalue weighted by Gasteiger charge is 2.05. The number of amides is 1. The topological polar surface area (TPSA) is 63.2 Å². The summed E-state index contributed by atoms with van der Waals surface area (Å²) in [6.07, 6.45) is 0.762. The number of ether oxygens (including phenoxy) is 1. The minimum absolute atomic E-state index is 0.104. The van der Waals surface area contributed by atoms with Gasteiger partial charge in [-0.1, -0.05) is 0 Å². The Hall–Kier alpha value is -2.70. The van der Waals surface area contributed by atoms with Gasteiger partial charge in [-0.3, -0.25) is 5.32 Å². The van der Waals surface area contributed by atoms with Crippen molar-refractivity contribution in [3.8, 4) is 0 Å². The molecular formula is C13H11F2N3O2. The first kappa shape index (κ1) is 13.7. The monoisotopic (exact) mass is 279 g/mol. The van der Waals surface area contributed by atoms with Gasteiger partial charge in [0, 0.05) is 6.07 Å². The van der Waals surface area contributed by atoms with Crippen molar-refractivity contribution in [2.75, 3.05) is 17.7 Å². The van der Waals surface area contributed by atoms with E-state index in [1.807, 2.05) is 0 Å². The van der Waals surface area contributed by atoms with Crippen LogP contribution in [0.15, 0.2) is 36.5 Å². The highest BCUT2D eigenvalue weighted by molar-refractivity contribution is 5.84. The molecule has 0 unspecified atom stereocenters. The van der Waals surface area contributed by atoms with Crippen LogP contribution >= 0.6 is 0 Å². The van der Waals surface area contributed by atoms with Crippen LogP contribution in [0.1, 0.15) is 0 Å². The Morgan fingerprint density at radius 3 is 2.65 bits per heavy atom. The van der Waals surface area contributed by atoms with E-state index in [2.05, 4.69) is 20.4 Å². The lowest BCUT2D eigenvalue weighted by Gasteiger charge is -2.08. The van der Waals surface area contributed by atoms with Crippen molar-refractivity contribution >= 4 is 23.3 Å². The summed E-state index contributed by atoms with van der Waals surface area (Å²) < 4.78 is 30.6. The Morgan fingerprint density at radius 2 is 2.05 bits per heavy atom. The number of carbonyl (C=O) groups is 1. The molecule has 1 aromatic heterocycles. The first-order valence-electron chi connectivity index (χ1n) is 5.61. The number of nitrogens with zero attached hydrogens (tertiary/aromatic N) is 1. The molecule has 1 amide bonds. The molecule has 0 radical (unpaired) electrons. The minimum atomic E-state index is -0.719. The van der Waals surface area contributed by atoms with Crippen LogP contribution in [0.25, 0.3) is 0 Å². The largest absolute Gasteiger partial charge is 0.453 e. The summed E-state index contributed by atoms with van der Waals surface area (Å²) in [4.78, 5) is 15.0. The van der Waals surface area contributed by atoms with Crippen LogP contribution in [-0.4, -0.2) is 18.2 Å². The smallest absolute Gasteiger partial charge is 0.411 e. The van der Waals surface area contributed by atoms with E-state index in [0.29, 0.717) is 11.5 Å². The van der Waals surface area contributed by atoms with Crippen molar-refractivity contribution in [3.05, 3.63) is 48.2 Å². The van der Waals surface area contributed by atoms with Gasteiger partial charge < -0.3 is 10.1 Å². The van der Waals surface area contributed by atoms with E-state index < -0.39 is 17.7 Å². The Kier molecular flexibility index (Phi) is 4.09. The van der Waals surface area contributed by atoms with E-state index in [4.69, 9.17) is 0 Å². The molecule has 0 aliphatic heterocycles. The fourth-order valence-electron chi connectivity index (χ4n) is 1.44. The van der Waals surface area contributed by atoms with Gasteiger partial charge in [0.15, 0.2) is 0 Å². The first-order chi connectivity index (χ1) is 9.58. The molecule has 0 fully saturated rings. The van der Waals surface area contributed by atoms with Gasteiger partial charge >= 0.3 is 6.09 Å². The SMILES string of the molecule is COC(=O)Nc1ccc(Nc2ccc(F)cc2F)nc1. The molecular weight excluding hydrogens is 268 g/mol. The Morgan fingerprint density at radius 1 is 1.25 bits per heavy atom. The van der Waals surface area contributed by atoms with Crippen LogP contribution in [0, 0.1) is 11.6 Å². The fourth-order valence-corrected chi connectivity index (χ4v) is 1.44. The lowest BCUT2D eigenvalue weighted by molar-refractivity contribution is 0.187. The number of aromatic nitrogens is 1. The summed E-state index contributed by atoms with van der Waals surface area (Å²) in [5, 5.41) is 5.12. The number of nitrogens with one attached hydrogen (secondary N) is 2. The number of methoxy groups -OCH3 is 1. The van der Waals surface area contributed by atoms with Crippen LogP contribution in [0.5, 0.6) is 0 Å². The van der Waals surface area contributed by atoms with Gasteiger partial charge in [-0.25, -0.2) is 18.6 Å². The first-order valence-corrected chi connectivity index (χ1v) is 5.61. The second-order valence-corrected chi connectivity index (χ2v) is 3.80. The molecule has 0 spiro atoms. The van der Waals surface area contributed by atoms with Gasteiger partial charge in [0.25, 0.3) is 0 Å². The molecule has 1 heterocycles. The molecule has 104 valence electrons. The van der Waals surface area contributed by atoms with Gasteiger partial charge in [0.2, 0.25) is 0 Å². The highest BCUT2D eigenvalue weighted by atomic mass is 19.1. The number of rotatable bonds is 3. The fraction of sp³-hybridized carbons (Fsp3) is 0.0769. The average Bonchev–Trinajstić information content (AvgIpc) is 2.44. The summed E-state index contributed by atoms with van der Waals surface area (Å²) in [6.45, 7) is 0. The zero-order valence-electron chi connectivity index (χ0n) is 10.5. The van der Waals surface area contributed by atoms with Gasteiger partial charge in [-0.05, 0) is 24.3 Å². The van der Waals surface area contributed by atoms with E-state index >= 15 is 0 Å². The molecule has 1 aromatic carbocycles. The van der Waals surface area contributed by atoms with Crippen LogP contribution in [0.4, 0.5) is 30.8 Å². The van der Waals surface area contributed by atoms with Gasteiger partial charge in [-0.2, -0.15) is 0 Å². The number of benzene rings is 1.